The van der Waals surface area contributed by atoms with Gasteiger partial charge in [0.05, 0.1) is 13.2 Å². The van der Waals surface area contributed by atoms with E-state index in [1.807, 2.05) is 0 Å². The Morgan fingerprint density at radius 1 is 1.50 bits per heavy atom. The van der Waals surface area contributed by atoms with Crippen molar-refractivity contribution in [2.45, 2.75) is 19.6 Å². The van der Waals surface area contributed by atoms with Gasteiger partial charge in [-0.3, -0.25) is 0 Å². The van der Waals surface area contributed by atoms with E-state index in [9.17, 15) is 9.50 Å². The van der Waals surface area contributed by atoms with Gasteiger partial charge in [-0.05, 0) is 24.3 Å². The van der Waals surface area contributed by atoms with Crippen LogP contribution < -0.4 is 4.74 Å². The highest BCUT2D eigenvalue weighted by atomic mass is 19.1. The minimum Gasteiger partial charge on any atom is -0.485 e. The Labute approximate surface area is 103 Å². The third-order valence-corrected chi connectivity index (χ3v) is 2.33. The number of halogens is 1. The summed E-state index contributed by atoms with van der Waals surface area (Å²) in [7, 11) is 1.64. The second kappa shape index (κ2) is 5.09. The Morgan fingerprint density at radius 2 is 2.28 bits per heavy atom. The lowest BCUT2D eigenvalue weighted by molar-refractivity contribution is 0.189. The van der Waals surface area contributed by atoms with Crippen LogP contribution in [-0.2, 0) is 13.7 Å². The molecule has 1 aromatic carbocycles. The molecular weight excluding hydrogens is 239 g/mol. The number of aliphatic hydroxyl groups is 1. The average Bonchev–Trinajstić information content (AvgIpc) is 2.72. The quantitative estimate of drug-likeness (QED) is 0.878. The van der Waals surface area contributed by atoms with Gasteiger partial charge in [0, 0.05) is 11.6 Å². The molecule has 0 radical (unpaired) electrons. The number of aliphatic hydroxyl groups excluding tert-OH is 1. The molecule has 7 heteroatoms. The molecule has 0 fully saturated rings. The van der Waals surface area contributed by atoms with Gasteiger partial charge in [-0.25, -0.2) is 4.39 Å². The molecule has 0 saturated carbocycles. The molecule has 2 aromatic rings. The van der Waals surface area contributed by atoms with E-state index in [1.54, 1.807) is 14.0 Å². The Kier molecular flexibility index (Phi) is 3.52. The maximum Gasteiger partial charge on any atom is 0.212 e. The average molecular weight is 252 g/mol. The molecule has 0 spiro atoms. The highest BCUT2D eigenvalue weighted by Crippen LogP contribution is 2.26. The molecule has 0 aliphatic carbocycles. The van der Waals surface area contributed by atoms with Crippen molar-refractivity contribution in [3.8, 4) is 5.75 Å². The number of nitrogens with zero attached hydrogens (tertiary/aromatic N) is 4. The first-order chi connectivity index (χ1) is 8.56. The summed E-state index contributed by atoms with van der Waals surface area (Å²) in [6.07, 6.45) is -0.740. The summed E-state index contributed by atoms with van der Waals surface area (Å²) in [4.78, 5) is 1.31. The molecule has 0 aliphatic heterocycles. The normalized spacial score (nSPS) is 12.4. The smallest absolute Gasteiger partial charge is 0.212 e. The van der Waals surface area contributed by atoms with Gasteiger partial charge in [-0.1, -0.05) is 0 Å². The van der Waals surface area contributed by atoms with Crippen LogP contribution in [0.15, 0.2) is 18.2 Å². The molecule has 1 atom stereocenters. The summed E-state index contributed by atoms with van der Waals surface area (Å²) in [5, 5.41) is 20.9. The molecule has 0 aliphatic rings. The molecule has 18 heavy (non-hydrogen) atoms. The summed E-state index contributed by atoms with van der Waals surface area (Å²) in [5.74, 6) is 0.234. The summed E-state index contributed by atoms with van der Waals surface area (Å²) in [6.45, 7) is 1.65. The molecule has 1 unspecified atom stereocenters. The molecule has 0 amide bonds. The van der Waals surface area contributed by atoms with Crippen LogP contribution >= 0.6 is 0 Å². The highest BCUT2D eigenvalue weighted by Gasteiger charge is 2.11. The van der Waals surface area contributed by atoms with Crippen molar-refractivity contribution in [2.75, 3.05) is 0 Å². The standard InChI is InChI=1S/C11H13FN4O2/c1-7(17)9-4-3-8(12)5-10(9)18-6-11-13-15-16(2)14-11/h3-5,7,17H,6H2,1-2H3. The molecule has 6 nitrogen and oxygen atoms in total. The lowest BCUT2D eigenvalue weighted by Gasteiger charge is -2.12. The van der Waals surface area contributed by atoms with E-state index in [1.165, 1.54) is 23.0 Å². The van der Waals surface area contributed by atoms with Crippen LogP contribution in [0.3, 0.4) is 0 Å². The first-order valence-corrected chi connectivity index (χ1v) is 5.39. The Bertz CT molecular complexity index is 542. The van der Waals surface area contributed by atoms with Crippen LogP contribution in [0.4, 0.5) is 4.39 Å². The summed E-state index contributed by atoms with van der Waals surface area (Å²) in [6, 6.07) is 3.98. The molecule has 96 valence electrons. The van der Waals surface area contributed by atoms with Gasteiger partial charge in [0.1, 0.15) is 11.6 Å². The first-order valence-electron chi connectivity index (χ1n) is 5.39. The molecule has 1 heterocycles. The maximum absolute atomic E-state index is 13.1. The van der Waals surface area contributed by atoms with Crippen molar-refractivity contribution in [1.29, 1.82) is 0 Å². The third-order valence-electron chi connectivity index (χ3n) is 2.33. The van der Waals surface area contributed by atoms with E-state index in [4.69, 9.17) is 4.74 Å². The fourth-order valence-corrected chi connectivity index (χ4v) is 1.50. The third kappa shape index (κ3) is 2.80. The lowest BCUT2D eigenvalue weighted by Crippen LogP contribution is -2.03. The van der Waals surface area contributed by atoms with Gasteiger partial charge in [-0.15, -0.1) is 10.2 Å². The number of aromatic nitrogens is 4. The largest absolute Gasteiger partial charge is 0.485 e. The zero-order valence-electron chi connectivity index (χ0n) is 10.0. The topological polar surface area (TPSA) is 73.1 Å². The van der Waals surface area contributed by atoms with Crippen LogP contribution in [0.1, 0.15) is 24.4 Å². The van der Waals surface area contributed by atoms with Crippen molar-refractivity contribution in [2.24, 2.45) is 7.05 Å². The van der Waals surface area contributed by atoms with Gasteiger partial charge in [0.2, 0.25) is 5.82 Å². The zero-order valence-corrected chi connectivity index (χ0v) is 10.0. The second-order valence-electron chi connectivity index (χ2n) is 3.84. The van der Waals surface area contributed by atoms with E-state index >= 15 is 0 Å². The predicted molar refractivity (Wildman–Crippen MR) is 60.2 cm³/mol. The van der Waals surface area contributed by atoms with Crippen LogP contribution in [0.2, 0.25) is 0 Å². The molecule has 0 saturated heterocycles. The van der Waals surface area contributed by atoms with Crippen LogP contribution in [0.25, 0.3) is 0 Å². The van der Waals surface area contributed by atoms with Crippen molar-refractivity contribution in [1.82, 2.24) is 20.2 Å². The van der Waals surface area contributed by atoms with Crippen LogP contribution in [0.5, 0.6) is 5.75 Å². The summed E-state index contributed by atoms with van der Waals surface area (Å²) < 4.78 is 18.5. The van der Waals surface area contributed by atoms with E-state index in [2.05, 4.69) is 15.4 Å². The molecule has 0 bridgehead atoms. The van der Waals surface area contributed by atoms with E-state index in [0.717, 1.165) is 0 Å². The van der Waals surface area contributed by atoms with Gasteiger partial charge < -0.3 is 9.84 Å². The highest BCUT2D eigenvalue weighted by molar-refractivity contribution is 5.35. The number of aryl methyl sites for hydroxylation is 1. The van der Waals surface area contributed by atoms with E-state index in [-0.39, 0.29) is 12.4 Å². The lowest BCUT2D eigenvalue weighted by atomic mass is 10.1. The van der Waals surface area contributed by atoms with Crippen molar-refractivity contribution in [3.05, 3.63) is 35.4 Å². The number of rotatable bonds is 4. The summed E-state index contributed by atoms with van der Waals surface area (Å²) in [5.41, 5.74) is 0.514. The van der Waals surface area contributed by atoms with Gasteiger partial charge in [0.25, 0.3) is 0 Å². The van der Waals surface area contributed by atoms with E-state index < -0.39 is 11.9 Å². The van der Waals surface area contributed by atoms with Gasteiger partial charge in [-0.2, -0.15) is 4.80 Å². The first kappa shape index (κ1) is 12.4. The fourth-order valence-electron chi connectivity index (χ4n) is 1.50. The Balaban J connectivity index is 2.15. The van der Waals surface area contributed by atoms with Crippen LogP contribution in [-0.4, -0.2) is 25.3 Å². The van der Waals surface area contributed by atoms with Crippen molar-refractivity contribution in [3.63, 3.8) is 0 Å². The fraction of sp³-hybridized carbons (Fsp3) is 0.364. The molecule has 1 aromatic heterocycles. The van der Waals surface area contributed by atoms with Crippen LogP contribution in [0, 0.1) is 5.82 Å². The Hall–Kier alpha value is -2.02. The zero-order chi connectivity index (χ0) is 13.1. The number of tetrazole rings is 1. The van der Waals surface area contributed by atoms with Gasteiger partial charge in [0.15, 0.2) is 6.61 Å². The number of hydrogen-bond acceptors (Lipinski definition) is 5. The predicted octanol–water partition coefficient (Wildman–Crippen LogP) is 0.981. The van der Waals surface area contributed by atoms with E-state index in [0.29, 0.717) is 11.4 Å². The number of benzene rings is 1. The monoisotopic (exact) mass is 252 g/mol. The number of ether oxygens (including phenoxy) is 1. The molecular formula is C11H13FN4O2. The molecule has 1 N–H and O–H groups in total. The minimum absolute atomic E-state index is 0.0665. The second-order valence-corrected chi connectivity index (χ2v) is 3.84. The SMILES string of the molecule is CC(O)c1ccc(F)cc1OCc1nnn(C)n1. The van der Waals surface area contributed by atoms with Crippen molar-refractivity contribution >= 4 is 0 Å². The summed E-state index contributed by atoms with van der Waals surface area (Å²) >= 11 is 0. The Morgan fingerprint density at radius 3 is 2.89 bits per heavy atom. The maximum atomic E-state index is 13.1. The van der Waals surface area contributed by atoms with Gasteiger partial charge >= 0.3 is 0 Å². The molecule has 2 rings (SSSR count). The number of hydrogen-bond donors (Lipinski definition) is 1. The van der Waals surface area contributed by atoms with Crippen molar-refractivity contribution < 1.29 is 14.2 Å². The minimum atomic E-state index is -0.740.